The smallest absolute Gasteiger partial charge is 0.323 e. The topological polar surface area (TPSA) is 73.5 Å². The maximum Gasteiger partial charge on any atom is 0.323 e. The molecule has 2 aromatic rings. The van der Waals surface area contributed by atoms with Gasteiger partial charge in [-0.3, -0.25) is 4.79 Å². The van der Waals surface area contributed by atoms with Crippen molar-refractivity contribution in [3.63, 3.8) is 0 Å². The number of para-hydroxylation sites is 1. The Morgan fingerprint density at radius 3 is 2.66 bits per heavy atom. The fourth-order valence-corrected chi connectivity index (χ4v) is 4.07. The number of anilines is 2. The average Bonchev–Trinajstić information content (AvgIpc) is 2.75. The van der Waals surface area contributed by atoms with Crippen LogP contribution in [0.4, 0.5) is 20.6 Å². The number of amides is 3. The Labute approximate surface area is 169 Å². The van der Waals surface area contributed by atoms with E-state index in [1.165, 1.54) is 12.1 Å². The van der Waals surface area contributed by atoms with Crippen molar-refractivity contribution >= 4 is 23.3 Å². The number of rotatable bonds is 3. The number of carbonyl (C=O) groups is 2. The molecule has 0 saturated carbocycles. The van der Waals surface area contributed by atoms with Gasteiger partial charge in [-0.25, -0.2) is 9.18 Å². The molecule has 0 radical (unpaired) electrons. The first-order valence-electron chi connectivity index (χ1n) is 10.0. The van der Waals surface area contributed by atoms with E-state index in [4.69, 9.17) is 0 Å². The van der Waals surface area contributed by atoms with E-state index in [2.05, 4.69) is 16.0 Å². The Kier molecular flexibility index (Phi) is 5.76. The Morgan fingerprint density at radius 2 is 1.86 bits per heavy atom. The third-order valence-electron chi connectivity index (χ3n) is 5.59. The zero-order valence-electron chi connectivity index (χ0n) is 16.2. The fraction of sp³-hybridized carbons (Fsp3) is 0.364. The van der Waals surface area contributed by atoms with E-state index < -0.39 is 11.8 Å². The molecule has 1 atom stereocenters. The average molecular weight is 396 g/mol. The standard InChI is InChI=1S/C22H25FN4O2/c23-18-7-1-2-8-20(18)26-22(29)25-19-9-3-5-16-14-27(12-10-17(16)19)21(28)15-6-4-11-24-13-15/h1-3,5,7-9,15,24H,4,6,10-14H2,(H2,25,26,29). The number of hydrogen-bond acceptors (Lipinski definition) is 3. The number of hydrogen-bond donors (Lipinski definition) is 3. The van der Waals surface area contributed by atoms with Crippen LogP contribution in [0.25, 0.3) is 0 Å². The van der Waals surface area contributed by atoms with Gasteiger partial charge < -0.3 is 20.9 Å². The van der Waals surface area contributed by atoms with Crippen molar-refractivity contribution in [1.29, 1.82) is 0 Å². The highest BCUT2D eigenvalue weighted by Gasteiger charge is 2.29. The van der Waals surface area contributed by atoms with Gasteiger partial charge in [0.1, 0.15) is 5.82 Å². The van der Waals surface area contributed by atoms with Crippen molar-refractivity contribution in [2.75, 3.05) is 30.3 Å². The summed E-state index contributed by atoms with van der Waals surface area (Å²) in [6, 6.07) is 11.3. The van der Waals surface area contributed by atoms with Gasteiger partial charge in [-0.1, -0.05) is 24.3 Å². The third kappa shape index (κ3) is 4.40. The van der Waals surface area contributed by atoms with Crippen molar-refractivity contribution in [3.05, 3.63) is 59.4 Å². The normalized spacial score (nSPS) is 18.7. The molecule has 4 rings (SSSR count). The van der Waals surface area contributed by atoms with Gasteiger partial charge in [0.05, 0.1) is 11.6 Å². The molecule has 0 aromatic heterocycles. The van der Waals surface area contributed by atoms with Crippen LogP contribution < -0.4 is 16.0 Å². The van der Waals surface area contributed by atoms with Gasteiger partial charge in [0.25, 0.3) is 0 Å². The molecule has 0 spiro atoms. The molecule has 0 aliphatic carbocycles. The number of urea groups is 1. The molecular weight excluding hydrogens is 371 g/mol. The summed E-state index contributed by atoms with van der Waals surface area (Å²) >= 11 is 0. The summed E-state index contributed by atoms with van der Waals surface area (Å²) < 4.78 is 13.7. The van der Waals surface area contributed by atoms with E-state index in [-0.39, 0.29) is 17.5 Å². The molecule has 3 amide bonds. The van der Waals surface area contributed by atoms with E-state index in [1.807, 2.05) is 23.1 Å². The molecule has 7 heteroatoms. The van der Waals surface area contributed by atoms with E-state index in [1.54, 1.807) is 12.1 Å². The molecule has 29 heavy (non-hydrogen) atoms. The lowest BCUT2D eigenvalue weighted by atomic mass is 9.94. The van der Waals surface area contributed by atoms with E-state index in [0.29, 0.717) is 25.2 Å². The van der Waals surface area contributed by atoms with Crippen LogP contribution in [0.2, 0.25) is 0 Å². The molecule has 2 aromatic carbocycles. The molecule has 3 N–H and O–H groups in total. The van der Waals surface area contributed by atoms with Crippen LogP contribution in [0.5, 0.6) is 0 Å². The number of nitrogens with zero attached hydrogens (tertiary/aromatic N) is 1. The van der Waals surface area contributed by atoms with Gasteiger partial charge in [-0.2, -0.15) is 0 Å². The van der Waals surface area contributed by atoms with Gasteiger partial charge in [-0.15, -0.1) is 0 Å². The van der Waals surface area contributed by atoms with Gasteiger partial charge in [0, 0.05) is 25.3 Å². The number of carbonyl (C=O) groups excluding carboxylic acids is 2. The van der Waals surface area contributed by atoms with Crippen LogP contribution in [-0.2, 0) is 17.8 Å². The molecule has 2 heterocycles. The first kappa shape index (κ1) is 19.4. The van der Waals surface area contributed by atoms with Gasteiger partial charge >= 0.3 is 6.03 Å². The minimum atomic E-state index is -0.490. The minimum absolute atomic E-state index is 0.0538. The second-order valence-corrected chi connectivity index (χ2v) is 7.56. The SMILES string of the molecule is O=C(Nc1ccccc1F)Nc1cccc2c1CCN(C(=O)C1CCCNC1)C2. The Bertz CT molecular complexity index is 911. The quantitative estimate of drug-likeness (QED) is 0.745. The molecule has 0 bridgehead atoms. The monoisotopic (exact) mass is 396 g/mol. The zero-order chi connectivity index (χ0) is 20.2. The van der Waals surface area contributed by atoms with Crippen molar-refractivity contribution in [2.45, 2.75) is 25.8 Å². The second-order valence-electron chi connectivity index (χ2n) is 7.56. The summed E-state index contributed by atoms with van der Waals surface area (Å²) in [7, 11) is 0. The highest BCUT2D eigenvalue weighted by Crippen LogP contribution is 2.28. The Morgan fingerprint density at radius 1 is 1.07 bits per heavy atom. The van der Waals surface area contributed by atoms with Crippen molar-refractivity contribution in [3.8, 4) is 0 Å². The van der Waals surface area contributed by atoms with Gasteiger partial charge in [-0.05, 0) is 55.1 Å². The maximum atomic E-state index is 13.7. The Hall–Kier alpha value is -2.93. The van der Waals surface area contributed by atoms with Crippen molar-refractivity contribution in [1.82, 2.24) is 10.2 Å². The summed E-state index contributed by atoms with van der Waals surface area (Å²) in [5.41, 5.74) is 2.90. The summed E-state index contributed by atoms with van der Waals surface area (Å²) in [4.78, 5) is 27.1. The number of fused-ring (bicyclic) bond motifs is 1. The summed E-state index contributed by atoms with van der Waals surface area (Å²) in [6.45, 7) is 2.92. The van der Waals surface area contributed by atoms with Crippen molar-refractivity contribution < 1.29 is 14.0 Å². The summed E-state index contributed by atoms with van der Waals surface area (Å²) in [6.07, 6.45) is 2.65. The molecule has 6 nitrogen and oxygen atoms in total. The minimum Gasteiger partial charge on any atom is -0.338 e. The summed E-state index contributed by atoms with van der Waals surface area (Å²) in [5.74, 6) is -0.222. The molecular formula is C22H25FN4O2. The molecule has 2 aliphatic rings. The lowest BCUT2D eigenvalue weighted by Gasteiger charge is -2.34. The molecule has 1 unspecified atom stereocenters. The fourth-order valence-electron chi connectivity index (χ4n) is 4.07. The van der Waals surface area contributed by atoms with Crippen LogP contribution in [-0.4, -0.2) is 36.5 Å². The predicted octanol–water partition coefficient (Wildman–Crippen LogP) is 3.35. The van der Waals surface area contributed by atoms with Gasteiger partial charge in [0.2, 0.25) is 5.91 Å². The first-order valence-corrected chi connectivity index (χ1v) is 10.0. The third-order valence-corrected chi connectivity index (χ3v) is 5.59. The van der Waals surface area contributed by atoms with Crippen LogP contribution in [0.1, 0.15) is 24.0 Å². The lowest BCUT2D eigenvalue weighted by molar-refractivity contribution is -0.137. The number of piperidine rings is 1. The van der Waals surface area contributed by atoms with Crippen molar-refractivity contribution in [2.24, 2.45) is 5.92 Å². The summed E-state index contributed by atoms with van der Waals surface area (Å²) in [5, 5.41) is 8.66. The molecule has 152 valence electrons. The van der Waals surface area contributed by atoms with E-state index in [0.717, 1.165) is 37.1 Å². The number of benzene rings is 2. The second kappa shape index (κ2) is 8.61. The molecule has 2 aliphatic heterocycles. The predicted molar refractivity (Wildman–Crippen MR) is 110 cm³/mol. The van der Waals surface area contributed by atoms with E-state index in [9.17, 15) is 14.0 Å². The maximum absolute atomic E-state index is 13.7. The number of nitrogens with one attached hydrogen (secondary N) is 3. The van der Waals surface area contributed by atoms with E-state index >= 15 is 0 Å². The zero-order valence-corrected chi connectivity index (χ0v) is 16.2. The first-order chi connectivity index (χ1) is 14.1. The Balaban J connectivity index is 1.43. The molecule has 1 saturated heterocycles. The number of halogens is 1. The lowest BCUT2D eigenvalue weighted by Crippen LogP contribution is -2.45. The largest absolute Gasteiger partial charge is 0.338 e. The molecule has 1 fully saturated rings. The van der Waals surface area contributed by atoms with Crippen LogP contribution in [0.15, 0.2) is 42.5 Å². The van der Waals surface area contributed by atoms with Crippen LogP contribution in [0, 0.1) is 11.7 Å². The van der Waals surface area contributed by atoms with Crippen LogP contribution >= 0.6 is 0 Å². The van der Waals surface area contributed by atoms with Crippen LogP contribution in [0.3, 0.4) is 0 Å². The van der Waals surface area contributed by atoms with Gasteiger partial charge in [0.15, 0.2) is 0 Å². The highest BCUT2D eigenvalue weighted by molar-refractivity contribution is 6.00. The highest BCUT2D eigenvalue weighted by atomic mass is 19.1.